The molecule has 1 aromatic carbocycles. The van der Waals surface area contributed by atoms with E-state index in [1.165, 1.54) is 24.4 Å². The van der Waals surface area contributed by atoms with Gasteiger partial charge in [0.15, 0.2) is 23.1 Å². The van der Waals surface area contributed by atoms with Crippen LogP contribution in [0, 0.1) is 11.6 Å². The summed E-state index contributed by atoms with van der Waals surface area (Å²) >= 11 is 0. The minimum Gasteiger partial charge on any atom is -0.415 e. The van der Waals surface area contributed by atoms with Crippen LogP contribution in [0.25, 0.3) is 22.5 Å². The van der Waals surface area contributed by atoms with Crippen molar-refractivity contribution in [2.45, 2.75) is 12.7 Å². The maximum Gasteiger partial charge on any atom is 0.491 e. The van der Waals surface area contributed by atoms with Gasteiger partial charge in [-0.15, -0.1) is 0 Å². The molecule has 160 valence electrons. The van der Waals surface area contributed by atoms with Gasteiger partial charge in [-0.2, -0.15) is 18.3 Å². The Hall–Kier alpha value is -3.83. The van der Waals surface area contributed by atoms with Crippen LogP contribution < -0.4 is 10.1 Å². The number of hydrogen-bond acceptors (Lipinski definition) is 5. The van der Waals surface area contributed by atoms with Crippen LogP contribution in [-0.2, 0) is 11.3 Å². The molecule has 2 aromatic heterocycles. The van der Waals surface area contributed by atoms with Crippen molar-refractivity contribution < 1.29 is 36.3 Å². The molecule has 0 saturated carbocycles. The SMILES string of the molecule is O=C1NCCn2nc(-c3ccnc(-c4ccc(F)c(F)c4)c3)c(OC(=O)C(F)(F)F)c21. The van der Waals surface area contributed by atoms with E-state index in [0.717, 1.165) is 16.8 Å². The van der Waals surface area contributed by atoms with Crippen LogP contribution in [0.3, 0.4) is 0 Å². The number of carbonyl (C=O) groups is 2. The Kier molecular flexibility index (Phi) is 4.91. The highest BCUT2D eigenvalue weighted by atomic mass is 19.4. The normalized spacial score (nSPS) is 13.5. The van der Waals surface area contributed by atoms with Gasteiger partial charge in [-0.05, 0) is 30.3 Å². The molecule has 3 aromatic rings. The van der Waals surface area contributed by atoms with Gasteiger partial charge in [0, 0.05) is 23.9 Å². The molecule has 0 unspecified atom stereocenters. The van der Waals surface area contributed by atoms with Crippen molar-refractivity contribution in [2.24, 2.45) is 0 Å². The first-order valence-corrected chi connectivity index (χ1v) is 8.75. The van der Waals surface area contributed by atoms with Gasteiger partial charge < -0.3 is 10.1 Å². The van der Waals surface area contributed by atoms with E-state index in [9.17, 15) is 31.5 Å². The van der Waals surface area contributed by atoms with Crippen molar-refractivity contribution in [3.05, 3.63) is 53.9 Å². The number of esters is 1. The number of benzene rings is 1. The number of fused-ring (bicyclic) bond motifs is 1. The van der Waals surface area contributed by atoms with Gasteiger partial charge in [0.2, 0.25) is 0 Å². The molecule has 0 spiro atoms. The summed E-state index contributed by atoms with van der Waals surface area (Å²) in [7, 11) is 0. The van der Waals surface area contributed by atoms with Crippen molar-refractivity contribution >= 4 is 11.9 Å². The number of halogens is 5. The first kappa shape index (κ1) is 20.4. The predicted octanol–water partition coefficient (Wildman–Crippen LogP) is 3.10. The zero-order valence-electron chi connectivity index (χ0n) is 15.3. The molecule has 3 heterocycles. The fraction of sp³-hybridized carbons (Fsp3) is 0.158. The van der Waals surface area contributed by atoms with Crippen molar-refractivity contribution in [2.75, 3.05) is 6.54 Å². The molecule has 0 radical (unpaired) electrons. The number of rotatable bonds is 3. The highest BCUT2D eigenvalue weighted by Gasteiger charge is 2.43. The van der Waals surface area contributed by atoms with Crippen molar-refractivity contribution in [3.8, 4) is 28.3 Å². The zero-order valence-corrected chi connectivity index (χ0v) is 15.3. The second-order valence-electron chi connectivity index (χ2n) is 6.45. The molecule has 12 heteroatoms. The first-order chi connectivity index (χ1) is 14.6. The molecule has 0 saturated heterocycles. The number of pyridine rings is 1. The summed E-state index contributed by atoms with van der Waals surface area (Å²) in [4.78, 5) is 27.7. The van der Waals surface area contributed by atoms with E-state index in [2.05, 4.69) is 20.1 Å². The average molecular weight is 438 g/mol. The third-order valence-corrected chi connectivity index (χ3v) is 4.41. The first-order valence-electron chi connectivity index (χ1n) is 8.75. The van der Waals surface area contributed by atoms with E-state index in [1.54, 1.807) is 0 Å². The minimum atomic E-state index is -5.30. The molecular formula is C19H11F5N4O3. The maximum atomic E-state index is 13.6. The van der Waals surface area contributed by atoms with E-state index >= 15 is 0 Å². The molecule has 4 rings (SSSR count). The molecule has 0 aliphatic carbocycles. The summed E-state index contributed by atoms with van der Waals surface area (Å²) in [5.74, 6) is -6.11. The maximum absolute atomic E-state index is 13.6. The number of alkyl halides is 3. The van der Waals surface area contributed by atoms with Gasteiger partial charge in [0.05, 0.1) is 12.2 Å². The molecular weight excluding hydrogens is 427 g/mol. The van der Waals surface area contributed by atoms with Crippen LogP contribution in [0.15, 0.2) is 36.5 Å². The largest absolute Gasteiger partial charge is 0.491 e. The molecule has 1 aliphatic rings. The van der Waals surface area contributed by atoms with Gasteiger partial charge in [-0.25, -0.2) is 13.6 Å². The molecule has 0 bridgehead atoms. The quantitative estimate of drug-likeness (QED) is 0.502. The highest BCUT2D eigenvalue weighted by Crippen LogP contribution is 2.36. The van der Waals surface area contributed by atoms with Crippen LogP contribution in [0.2, 0.25) is 0 Å². The number of nitrogens with zero attached hydrogens (tertiary/aromatic N) is 3. The summed E-state index contributed by atoms with van der Waals surface area (Å²) in [5, 5.41) is 6.56. The van der Waals surface area contributed by atoms with Crippen LogP contribution >= 0.6 is 0 Å². The molecule has 1 amide bonds. The average Bonchev–Trinajstić information content (AvgIpc) is 3.09. The fourth-order valence-corrected chi connectivity index (χ4v) is 3.01. The molecule has 0 atom stereocenters. The summed E-state index contributed by atoms with van der Waals surface area (Å²) in [6.45, 7) is 0.314. The van der Waals surface area contributed by atoms with Gasteiger partial charge in [0.1, 0.15) is 5.69 Å². The lowest BCUT2D eigenvalue weighted by Crippen LogP contribution is -2.36. The third kappa shape index (κ3) is 3.83. The van der Waals surface area contributed by atoms with Gasteiger partial charge in [-0.1, -0.05) is 0 Å². The topological polar surface area (TPSA) is 86.1 Å². The Bertz CT molecular complexity index is 1210. The Morgan fingerprint density at radius 3 is 2.58 bits per heavy atom. The number of aromatic nitrogens is 3. The summed E-state index contributed by atoms with van der Waals surface area (Å²) in [5.41, 5.74) is -0.0634. The standard InChI is InChI=1S/C19H11F5N4O3/c20-11-2-1-9(7-12(11)21)13-8-10(3-4-25-13)14-16(31-18(30)19(22,23)24)15-17(29)26-5-6-28(15)27-14/h1-4,7-8H,5-6H2,(H,26,29). The Labute approximate surface area is 170 Å². The third-order valence-electron chi connectivity index (χ3n) is 4.41. The van der Waals surface area contributed by atoms with Crippen molar-refractivity contribution in [1.29, 1.82) is 0 Å². The minimum absolute atomic E-state index is 0.138. The fourth-order valence-electron chi connectivity index (χ4n) is 3.01. The van der Waals surface area contributed by atoms with E-state index in [4.69, 9.17) is 0 Å². The molecule has 0 fully saturated rings. The highest BCUT2D eigenvalue weighted by molar-refractivity contribution is 5.99. The van der Waals surface area contributed by atoms with Crippen LogP contribution in [0.5, 0.6) is 5.75 Å². The van der Waals surface area contributed by atoms with E-state index in [0.29, 0.717) is 0 Å². The van der Waals surface area contributed by atoms with Gasteiger partial charge in [0.25, 0.3) is 5.91 Å². The van der Waals surface area contributed by atoms with E-state index < -0.39 is 35.4 Å². The van der Waals surface area contributed by atoms with E-state index in [1.807, 2.05) is 0 Å². The molecule has 7 nitrogen and oxygen atoms in total. The Morgan fingerprint density at radius 2 is 1.87 bits per heavy atom. The molecule has 1 N–H and O–H groups in total. The Balaban J connectivity index is 1.83. The van der Waals surface area contributed by atoms with Gasteiger partial charge >= 0.3 is 12.1 Å². The van der Waals surface area contributed by atoms with Crippen molar-refractivity contribution in [3.63, 3.8) is 0 Å². The predicted molar refractivity (Wildman–Crippen MR) is 94.8 cm³/mol. The number of nitrogens with one attached hydrogen (secondary N) is 1. The number of amides is 1. The Morgan fingerprint density at radius 1 is 1.10 bits per heavy atom. The number of carbonyl (C=O) groups excluding carboxylic acids is 2. The van der Waals surface area contributed by atoms with E-state index in [-0.39, 0.29) is 41.3 Å². The summed E-state index contributed by atoms with van der Waals surface area (Å²) in [6.07, 6.45) is -4.04. The van der Waals surface area contributed by atoms with Gasteiger partial charge in [-0.3, -0.25) is 14.5 Å². The monoisotopic (exact) mass is 438 g/mol. The number of hydrogen-bond donors (Lipinski definition) is 1. The smallest absolute Gasteiger partial charge is 0.415 e. The molecule has 31 heavy (non-hydrogen) atoms. The molecule has 1 aliphatic heterocycles. The lowest BCUT2D eigenvalue weighted by molar-refractivity contribution is -0.189. The zero-order chi connectivity index (χ0) is 22.3. The lowest BCUT2D eigenvalue weighted by atomic mass is 10.1. The summed E-state index contributed by atoms with van der Waals surface area (Å²) in [6, 6.07) is 5.76. The number of ether oxygens (including phenoxy) is 1. The second-order valence-corrected chi connectivity index (χ2v) is 6.45. The van der Waals surface area contributed by atoms with Crippen LogP contribution in [0.4, 0.5) is 22.0 Å². The summed E-state index contributed by atoms with van der Waals surface area (Å²) < 4.78 is 70.8. The van der Waals surface area contributed by atoms with Crippen molar-refractivity contribution in [1.82, 2.24) is 20.1 Å². The second kappa shape index (κ2) is 7.45. The van der Waals surface area contributed by atoms with Crippen LogP contribution in [-0.4, -0.2) is 39.4 Å². The lowest BCUT2D eigenvalue weighted by Gasteiger charge is -2.15. The van der Waals surface area contributed by atoms with Crippen LogP contribution in [0.1, 0.15) is 10.5 Å².